The molecule has 0 heterocycles. The summed E-state index contributed by atoms with van der Waals surface area (Å²) in [6, 6.07) is 0. The molecule has 0 saturated carbocycles. The molecule has 0 saturated heterocycles. The van der Waals surface area contributed by atoms with E-state index in [1.807, 2.05) is 23.5 Å². The van der Waals surface area contributed by atoms with Crippen LogP contribution in [0.4, 0.5) is 0 Å². The molecular formula is C7H13S2. The van der Waals surface area contributed by atoms with Crippen LogP contribution in [0.1, 0.15) is 13.8 Å². The fourth-order valence-electron chi connectivity index (χ4n) is 0.488. The zero-order chi connectivity index (χ0) is 7.11. The number of rotatable bonds is 5. The van der Waals surface area contributed by atoms with Gasteiger partial charge in [0.25, 0.3) is 0 Å². The van der Waals surface area contributed by atoms with Gasteiger partial charge in [-0.25, -0.2) is 0 Å². The Morgan fingerprint density at radius 3 is 2.00 bits per heavy atom. The van der Waals surface area contributed by atoms with Gasteiger partial charge in [-0.05, 0) is 11.5 Å². The molecule has 0 bridgehead atoms. The lowest BCUT2D eigenvalue weighted by Crippen LogP contribution is -1.91. The summed E-state index contributed by atoms with van der Waals surface area (Å²) in [6.45, 7) is 9.68. The first-order valence-electron chi connectivity index (χ1n) is 3.13. The topological polar surface area (TPSA) is 0 Å². The van der Waals surface area contributed by atoms with E-state index in [0.717, 1.165) is 11.5 Å². The Morgan fingerprint density at radius 1 is 1.33 bits per heavy atom. The Labute approximate surface area is 66.5 Å². The quantitative estimate of drug-likeness (QED) is 0.569. The smallest absolute Gasteiger partial charge is 0.0685 e. The van der Waals surface area contributed by atoms with Crippen LogP contribution in [0.3, 0.4) is 0 Å². The van der Waals surface area contributed by atoms with Crippen molar-refractivity contribution in [2.24, 2.45) is 0 Å². The van der Waals surface area contributed by atoms with Crippen molar-refractivity contribution in [1.29, 1.82) is 0 Å². The predicted octanol–water partition coefficient (Wildman–Crippen LogP) is 2.81. The molecule has 0 unspecified atom stereocenters. The average molecular weight is 161 g/mol. The van der Waals surface area contributed by atoms with E-state index in [4.69, 9.17) is 6.58 Å². The molecule has 9 heavy (non-hydrogen) atoms. The maximum Gasteiger partial charge on any atom is 0.0685 e. The molecule has 0 aliphatic carbocycles. The van der Waals surface area contributed by atoms with Gasteiger partial charge < -0.3 is 0 Å². The fraction of sp³-hybridized carbons (Fsp3) is 0.714. The van der Waals surface area contributed by atoms with Crippen molar-refractivity contribution < 1.29 is 0 Å². The molecule has 0 atom stereocenters. The normalized spacial score (nSPS) is 10.1. The second-order valence-electron chi connectivity index (χ2n) is 1.47. The summed E-state index contributed by atoms with van der Waals surface area (Å²) in [5.74, 6) is 2.29. The van der Waals surface area contributed by atoms with Crippen LogP contribution < -0.4 is 0 Å². The molecule has 0 fully saturated rings. The van der Waals surface area contributed by atoms with Crippen LogP contribution in [0.2, 0.25) is 0 Å². The predicted molar refractivity (Wildman–Crippen MR) is 48.9 cm³/mol. The van der Waals surface area contributed by atoms with E-state index in [-0.39, 0.29) is 0 Å². The van der Waals surface area contributed by atoms with Crippen LogP contribution in [0.15, 0.2) is 6.08 Å². The van der Waals surface area contributed by atoms with Crippen LogP contribution in [0, 0.1) is 6.58 Å². The minimum Gasteiger partial charge on any atom is -0.144 e. The molecule has 53 valence electrons. The molecule has 1 radical (unpaired) electrons. The third-order valence-corrected chi connectivity index (χ3v) is 3.27. The highest BCUT2D eigenvalue weighted by Crippen LogP contribution is 2.23. The summed E-state index contributed by atoms with van der Waals surface area (Å²) >= 11 is 3.77. The van der Waals surface area contributed by atoms with Crippen molar-refractivity contribution in [3.05, 3.63) is 12.7 Å². The summed E-state index contributed by atoms with van der Waals surface area (Å²) in [5.41, 5.74) is 0. The largest absolute Gasteiger partial charge is 0.144 e. The van der Waals surface area contributed by atoms with Gasteiger partial charge in [-0.3, -0.25) is 0 Å². The van der Waals surface area contributed by atoms with Crippen molar-refractivity contribution >= 4 is 23.5 Å². The van der Waals surface area contributed by atoms with Crippen molar-refractivity contribution in [2.75, 3.05) is 11.5 Å². The van der Waals surface area contributed by atoms with Crippen LogP contribution in [0.5, 0.6) is 0 Å². The Bertz CT molecular complexity index is 65.3. The molecular weight excluding hydrogens is 148 g/mol. The van der Waals surface area contributed by atoms with Gasteiger partial charge in [0, 0.05) is 0 Å². The molecule has 0 nitrogen and oxygen atoms in total. The van der Waals surface area contributed by atoms with Gasteiger partial charge in [-0.15, -0.1) is 23.5 Å². The molecule has 0 aromatic heterocycles. The minimum atomic E-state index is 0.500. The molecule has 0 rings (SSSR count). The Balaban J connectivity index is 3.29. The summed E-state index contributed by atoms with van der Waals surface area (Å²) in [7, 11) is 0. The average Bonchev–Trinajstić information content (AvgIpc) is 1.88. The van der Waals surface area contributed by atoms with Gasteiger partial charge in [-0.2, -0.15) is 0 Å². The van der Waals surface area contributed by atoms with Gasteiger partial charge in [0.2, 0.25) is 0 Å². The van der Waals surface area contributed by atoms with Gasteiger partial charge in [0.1, 0.15) is 0 Å². The Morgan fingerprint density at radius 2 is 1.78 bits per heavy atom. The van der Waals surface area contributed by atoms with Crippen molar-refractivity contribution in [3.63, 3.8) is 0 Å². The molecule has 0 aliphatic rings. The molecule has 0 aliphatic heterocycles. The lowest BCUT2D eigenvalue weighted by Gasteiger charge is -2.06. The van der Waals surface area contributed by atoms with Gasteiger partial charge in [0.15, 0.2) is 0 Å². The highest BCUT2D eigenvalue weighted by molar-refractivity contribution is 8.17. The molecule has 0 N–H and O–H groups in total. The third kappa shape index (κ3) is 4.91. The first kappa shape index (κ1) is 9.44. The SMILES string of the molecule is [CH]=CC(SCC)SCC. The zero-order valence-electron chi connectivity index (χ0n) is 5.96. The second kappa shape index (κ2) is 6.56. The summed E-state index contributed by atoms with van der Waals surface area (Å²) < 4.78 is 0.500. The highest BCUT2D eigenvalue weighted by atomic mass is 32.2. The summed E-state index contributed by atoms with van der Waals surface area (Å²) in [5, 5.41) is 0. The molecule has 2 heteroatoms. The second-order valence-corrected chi connectivity index (χ2v) is 4.61. The van der Waals surface area contributed by atoms with Gasteiger partial charge in [-0.1, -0.05) is 26.5 Å². The fourth-order valence-corrected chi connectivity index (χ4v) is 2.57. The molecule has 0 aromatic carbocycles. The van der Waals surface area contributed by atoms with Crippen LogP contribution in [0.25, 0.3) is 0 Å². The van der Waals surface area contributed by atoms with E-state index in [1.54, 1.807) is 6.08 Å². The third-order valence-electron chi connectivity index (χ3n) is 0.819. The van der Waals surface area contributed by atoms with Crippen molar-refractivity contribution in [1.82, 2.24) is 0 Å². The number of thioether (sulfide) groups is 2. The Hall–Kier alpha value is 0.440. The van der Waals surface area contributed by atoms with Crippen molar-refractivity contribution in [3.8, 4) is 0 Å². The number of hydrogen-bond donors (Lipinski definition) is 0. The van der Waals surface area contributed by atoms with E-state index < -0.39 is 0 Å². The Kier molecular flexibility index (Phi) is 6.88. The number of hydrogen-bond acceptors (Lipinski definition) is 2. The van der Waals surface area contributed by atoms with E-state index in [1.165, 1.54) is 0 Å². The van der Waals surface area contributed by atoms with E-state index in [9.17, 15) is 0 Å². The van der Waals surface area contributed by atoms with Gasteiger partial charge in [0.05, 0.1) is 4.58 Å². The monoisotopic (exact) mass is 161 g/mol. The standard InChI is InChI=1S/C7H13S2/c1-4-7(8-5-2)9-6-3/h1,4,7H,5-6H2,2-3H3. The molecule has 0 amide bonds. The van der Waals surface area contributed by atoms with E-state index >= 15 is 0 Å². The van der Waals surface area contributed by atoms with Crippen LogP contribution in [-0.2, 0) is 0 Å². The maximum atomic E-state index is 5.38. The summed E-state index contributed by atoms with van der Waals surface area (Å²) in [6.07, 6.45) is 1.77. The van der Waals surface area contributed by atoms with Crippen molar-refractivity contribution in [2.45, 2.75) is 18.4 Å². The molecule has 0 aromatic rings. The lowest BCUT2D eigenvalue weighted by molar-refractivity contribution is 1.47. The van der Waals surface area contributed by atoms with E-state index in [2.05, 4.69) is 13.8 Å². The lowest BCUT2D eigenvalue weighted by atomic mass is 10.8. The summed E-state index contributed by atoms with van der Waals surface area (Å²) in [4.78, 5) is 0. The first-order valence-corrected chi connectivity index (χ1v) is 5.23. The maximum absolute atomic E-state index is 5.38. The van der Waals surface area contributed by atoms with E-state index in [0.29, 0.717) is 4.58 Å². The zero-order valence-corrected chi connectivity index (χ0v) is 7.60. The first-order chi connectivity index (χ1) is 4.35. The van der Waals surface area contributed by atoms with Crippen LogP contribution >= 0.6 is 23.5 Å². The highest BCUT2D eigenvalue weighted by Gasteiger charge is 1.99. The van der Waals surface area contributed by atoms with Gasteiger partial charge >= 0.3 is 0 Å². The van der Waals surface area contributed by atoms with Crippen LogP contribution in [-0.4, -0.2) is 16.1 Å². The minimum absolute atomic E-state index is 0.500. The molecule has 0 spiro atoms.